The molecule has 1 aromatic heterocycles. The van der Waals surface area contributed by atoms with Crippen LogP contribution in [-0.4, -0.2) is 68.2 Å². The van der Waals surface area contributed by atoms with E-state index in [2.05, 4.69) is 28.2 Å². The van der Waals surface area contributed by atoms with Crippen LogP contribution in [0.4, 0.5) is 10.2 Å². The number of likely N-dealkylation sites (N-methyl/N-ethyl adjacent to an activating group) is 1. The van der Waals surface area contributed by atoms with Gasteiger partial charge in [-0.25, -0.2) is 9.37 Å². The molecular formula is C24H26FN5O. The first-order valence-corrected chi connectivity index (χ1v) is 10.4. The zero-order chi connectivity index (χ0) is 21.8. The highest BCUT2D eigenvalue weighted by atomic mass is 19.1. The van der Waals surface area contributed by atoms with Crippen molar-refractivity contribution in [2.24, 2.45) is 0 Å². The van der Waals surface area contributed by atoms with E-state index in [1.165, 1.54) is 12.1 Å². The highest BCUT2D eigenvalue weighted by molar-refractivity contribution is 6.00. The van der Waals surface area contributed by atoms with Crippen molar-refractivity contribution in [3.8, 4) is 22.9 Å². The molecule has 0 saturated carbocycles. The SMILES string of the molecule is COc1ccc2nc(NCCN3CCN(C)CC3)c(C#N)c(-c3cccc(F)c3)c2c1. The minimum atomic E-state index is -0.348. The molecule has 4 rings (SSSR count). The lowest BCUT2D eigenvalue weighted by Crippen LogP contribution is -2.45. The Hall–Kier alpha value is -3.21. The van der Waals surface area contributed by atoms with E-state index in [9.17, 15) is 9.65 Å². The van der Waals surface area contributed by atoms with Gasteiger partial charge in [0.1, 0.15) is 29.0 Å². The molecule has 7 heteroatoms. The van der Waals surface area contributed by atoms with Crippen molar-refractivity contribution in [1.82, 2.24) is 14.8 Å². The van der Waals surface area contributed by atoms with Crippen molar-refractivity contribution in [2.45, 2.75) is 0 Å². The second kappa shape index (κ2) is 9.29. The van der Waals surface area contributed by atoms with Crippen molar-refractivity contribution in [1.29, 1.82) is 5.26 Å². The third-order valence-electron chi connectivity index (χ3n) is 5.73. The van der Waals surface area contributed by atoms with Crippen molar-refractivity contribution < 1.29 is 9.13 Å². The summed E-state index contributed by atoms with van der Waals surface area (Å²) in [5.74, 6) is 0.832. The number of fused-ring (bicyclic) bond motifs is 1. The highest BCUT2D eigenvalue weighted by Crippen LogP contribution is 2.36. The van der Waals surface area contributed by atoms with E-state index in [1.807, 2.05) is 24.3 Å². The monoisotopic (exact) mass is 419 g/mol. The van der Waals surface area contributed by atoms with E-state index in [-0.39, 0.29) is 5.82 Å². The first-order valence-electron chi connectivity index (χ1n) is 10.4. The molecule has 0 unspecified atom stereocenters. The second-order valence-corrected chi connectivity index (χ2v) is 7.79. The Morgan fingerprint density at radius 2 is 1.97 bits per heavy atom. The number of hydrogen-bond acceptors (Lipinski definition) is 6. The number of anilines is 1. The van der Waals surface area contributed by atoms with Gasteiger partial charge in [0.25, 0.3) is 0 Å². The number of rotatable bonds is 6. The number of halogens is 1. The molecule has 2 heterocycles. The van der Waals surface area contributed by atoms with Crippen LogP contribution in [0.1, 0.15) is 5.56 Å². The number of ether oxygens (including phenoxy) is 1. The molecule has 1 aliphatic rings. The summed E-state index contributed by atoms with van der Waals surface area (Å²) in [6.07, 6.45) is 0. The summed E-state index contributed by atoms with van der Waals surface area (Å²) in [7, 11) is 3.73. The topological polar surface area (TPSA) is 64.4 Å². The van der Waals surface area contributed by atoms with Crippen LogP contribution in [0.5, 0.6) is 5.75 Å². The number of piperazine rings is 1. The molecule has 1 N–H and O–H groups in total. The Morgan fingerprint density at radius 3 is 2.68 bits per heavy atom. The van der Waals surface area contributed by atoms with E-state index < -0.39 is 0 Å². The van der Waals surface area contributed by atoms with Gasteiger partial charge in [0.15, 0.2) is 0 Å². The van der Waals surface area contributed by atoms with Gasteiger partial charge < -0.3 is 15.0 Å². The summed E-state index contributed by atoms with van der Waals surface area (Å²) >= 11 is 0. The van der Waals surface area contributed by atoms with Gasteiger partial charge >= 0.3 is 0 Å². The molecule has 1 saturated heterocycles. The fourth-order valence-corrected chi connectivity index (χ4v) is 3.95. The van der Waals surface area contributed by atoms with Crippen LogP contribution in [0.3, 0.4) is 0 Å². The van der Waals surface area contributed by atoms with Crippen LogP contribution >= 0.6 is 0 Å². The Bertz CT molecular complexity index is 1120. The molecule has 3 aromatic rings. The van der Waals surface area contributed by atoms with E-state index in [0.29, 0.717) is 34.8 Å². The van der Waals surface area contributed by atoms with Gasteiger partial charge in [-0.15, -0.1) is 0 Å². The quantitative estimate of drug-likeness (QED) is 0.659. The molecule has 0 radical (unpaired) electrons. The molecule has 0 bridgehead atoms. The second-order valence-electron chi connectivity index (χ2n) is 7.79. The van der Waals surface area contributed by atoms with Crippen molar-refractivity contribution in [3.63, 3.8) is 0 Å². The molecule has 6 nitrogen and oxygen atoms in total. The molecule has 0 amide bonds. The average molecular weight is 420 g/mol. The largest absolute Gasteiger partial charge is 0.497 e. The van der Waals surface area contributed by atoms with Crippen LogP contribution in [0.15, 0.2) is 42.5 Å². The normalized spacial score (nSPS) is 15.0. The number of nitrogens with zero attached hydrogens (tertiary/aromatic N) is 4. The zero-order valence-electron chi connectivity index (χ0n) is 17.9. The molecule has 2 aromatic carbocycles. The molecular weight excluding hydrogens is 393 g/mol. The first-order chi connectivity index (χ1) is 15.1. The Morgan fingerprint density at radius 1 is 1.16 bits per heavy atom. The van der Waals surface area contributed by atoms with E-state index >= 15 is 0 Å². The molecule has 0 spiro atoms. The van der Waals surface area contributed by atoms with E-state index in [0.717, 1.165) is 43.6 Å². The van der Waals surface area contributed by atoms with E-state index in [4.69, 9.17) is 9.72 Å². The smallest absolute Gasteiger partial charge is 0.145 e. The average Bonchev–Trinajstić information content (AvgIpc) is 2.79. The summed E-state index contributed by atoms with van der Waals surface area (Å²) < 4.78 is 19.4. The highest BCUT2D eigenvalue weighted by Gasteiger charge is 2.19. The maximum atomic E-state index is 14.0. The summed E-state index contributed by atoms with van der Waals surface area (Å²) in [5.41, 5.74) is 2.43. The number of benzene rings is 2. The zero-order valence-corrected chi connectivity index (χ0v) is 17.9. The number of pyridine rings is 1. The Balaban J connectivity index is 1.71. The molecule has 0 atom stereocenters. The lowest BCUT2D eigenvalue weighted by Gasteiger charge is -2.32. The molecule has 0 aliphatic carbocycles. The standard InChI is InChI=1S/C24H26FN5O/c1-29-10-12-30(13-11-29)9-8-27-24-21(16-26)23(17-4-3-5-18(25)14-17)20-15-19(31-2)6-7-22(20)28-24/h3-7,14-15H,8-13H2,1-2H3,(H,27,28). The third-order valence-corrected chi connectivity index (χ3v) is 5.73. The summed E-state index contributed by atoms with van der Waals surface area (Å²) in [4.78, 5) is 9.44. The molecule has 160 valence electrons. The Kier molecular flexibility index (Phi) is 6.31. The van der Waals surface area contributed by atoms with Crippen LogP contribution in [0.2, 0.25) is 0 Å². The molecule has 1 fully saturated rings. The van der Waals surface area contributed by atoms with Gasteiger partial charge in [-0.05, 0) is 42.9 Å². The maximum absolute atomic E-state index is 14.0. The maximum Gasteiger partial charge on any atom is 0.145 e. The van der Waals surface area contributed by atoms with Gasteiger partial charge in [0.05, 0.1) is 12.6 Å². The lowest BCUT2D eigenvalue weighted by molar-refractivity contribution is 0.158. The molecule has 1 aliphatic heterocycles. The van der Waals surface area contributed by atoms with Crippen LogP contribution in [0, 0.1) is 17.1 Å². The lowest BCUT2D eigenvalue weighted by atomic mass is 9.96. The van der Waals surface area contributed by atoms with Crippen molar-refractivity contribution >= 4 is 16.7 Å². The van der Waals surface area contributed by atoms with Crippen molar-refractivity contribution in [3.05, 3.63) is 53.8 Å². The van der Waals surface area contributed by atoms with Crippen molar-refractivity contribution in [2.75, 3.05) is 58.7 Å². The molecule has 31 heavy (non-hydrogen) atoms. The van der Waals surface area contributed by atoms with E-state index in [1.54, 1.807) is 13.2 Å². The predicted molar refractivity (Wildman–Crippen MR) is 121 cm³/mol. The van der Waals surface area contributed by atoms with Crippen LogP contribution in [-0.2, 0) is 0 Å². The summed E-state index contributed by atoms with van der Waals surface area (Å²) in [5, 5.41) is 14.1. The summed E-state index contributed by atoms with van der Waals surface area (Å²) in [6.45, 7) is 5.73. The minimum Gasteiger partial charge on any atom is -0.497 e. The van der Waals surface area contributed by atoms with Gasteiger partial charge in [0.2, 0.25) is 0 Å². The third kappa shape index (κ3) is 4.61. The fourth-order valence-electron chi connectivity index (χ4n) is 3.95. The van der Waals surface area contributed by atoms with Gasteiger partial charge in [-0.1, -0.05) is 12.1 Å². The van der Waals surface area contributed by atoms with Gasteiger partial charge in [-0.3, -0.25) is 4.90 Å². The number of aromatic nitrogens is 1. The fraction of sp³-hybridized carbons (Fsp3) is 0.333. The Labute approximate surface area is 181 Å². The van der Waals surface area contributed by atoms with Gasteiger partial charge in [0, 0.05) is 50.2 Å². The number of nitriles is 1. The van der Waals surface area contributed by atoms with Crippen LogP contribution < -0.4 is 10.1 Å². The number of hydrogen-bond donors (Lipinski definition) is 1. The summed E-state index contributed by atoms with van der Waals surface area (Å²) in [6, 6.07) is 14.2. The predicted octanol–water partition coefficient (Wildman–Crippen LogP) is 3.58. The number of methoxy groups -OCH3 is 1. The minimum absolute atomic E-state index is 0.348. The first kappa shape index (κ1) is 21.0. The number of nitrogens with one attached hydrogen (secondary N) is 1. The van der Waals surface area contributed by atoms with Crippen LogP contribution in [0.25, 0.3) is 22.0 Å². The van der Waals surface area contributed by atoms with Gasteiger partial charge in [-0.2, -0.15) is 5.26 Å².